The standard InChI is InChI=1S/C4H10N2O.C2H6.H2/c1-5-3-4(7)6-2;1-2;/h5H,3H2,1-2H3,(H,6,7);1-2H3;1H. The summed E-state index contributed by atoms with van der Waals surface area (Å²) in [4.78, 5) is 10.2. The van der Waals surface area contributed by atoms with Crippen molar-refractivity contribution in [1.82, 2.24) is 10.6 Å². The minimum atomic E-state index is 0. The van der Waals surface area contributed by atoms with E-state index in [9.17, 15) is 4.79 Å². The van der Waals surface area contributed by atoms with Crippen LogP contribution in [0.25, 0.3) is 0 Å². The first kappa shape index (κ1) is 11.3. The van der Waals surface area contributed by atoms with E-state index in [1.54, 1.807) is 14.1 Å². The summed E-state index contributed by atoms with van der Waals surface area (Å²) < 4.78 is 0. The Morgan fingerprint density at radius 2 is 1.89 bits per heavy atom. The maximum atomic E-state index is 10.2. The van der Waals surface area contributed by atoms with Gasteiger partial charge in [0.1, 0.15) is 0 Å². The van der Waals surface area contributed by atoms with E-state index < -0.39 is 0 Å². The van der Waals surface area contributed by atoms with Crippen LogP contribution in [0.1, 0.15) is 15.3 Å². The minimum Gasteiger partial charge on any atom is -0.358 e. The highest BCUT2D eigenvalue weighted by Gasteiger charge is 1.88. The summed E-state index contributed by atoms with van der Waals surface area (Å²) >= 11 is 0. The first-order valence-electron chi connectivity index (χ1n) is 3.16. The molecule has 0 saturated heterocycles. The zero-order valence-corrected chi connectivity index (χ0v) is 6.62. The van der Waals surface area contributed by atoms with Crippen molar-refractivity contribution in [2.75, 3.05) is 20.6 Å². The molecule has 2 N–H and O–H groups in total. The average Bonchev–Trinajstić information content (AvgIpc) is 1.93. The van der Waals surface area contributed by atoms with E-state index in [4.69, 9.17) is 0 Å². The molecule has 0 saturated carbocycles. The number of amides is 1. The lowest BCUT2D eigenvalue weighted by Gasteiger charge is -1.93. The van der Waals surface area contributed by atoms with E-state index in [2.05, 4.69) is 10.6 Å². The number of rotatable bonds is 2. The number of hydrogen-bond acceptors (Lipinski definition) is 2. The van der Waals surface area contributed by atoms with Crippen molar-refractivity contribution >= 4 is 5.91 Å². The van der Waals surface area contributed by atoms with Crippen LogP contribution in [-0.2, 0) is 4.79 Å². The SMILES string of the molecule is CC.CNCC(=O)NC.[HH]. The second kappa shape index (κ2) is 10.4. The van der Waals surface area contributed by atoms with Gasteiger partial charge in [0, 0.05) is 8.47 Å². The molecule has 0 aromatic carbocycles. The van der Waals surface area contributed by atoms with Crippen molar-refractivity contribution in [2.45, 2.75) is 13.8 Å². The summed E-state index contributed by atoms with van der Waals surface area (Å²) in [6, 6.07) is 0. The Labute approximate surface area is 58.3 Å². The second-order valence-corrected chi connectivity index (χ2v) is 1.20. The Balaban J connectivity index is -0.000000149. The zero-order chi connectivity index (χ0) is 7.70. The highest BCUT2D eigenvalue weighted by Crippen LogP contribution is 1.52. The fourth-order valence-corrected chi connectivity index (χ4v) is 0.249. The van der Waals surface area contributed by atoms with E-state index in [-0.39, 0.29) is 7.33 Å². The van der Waals surface area contributed by atoms with Crippen molar-refractivity contribution in [1.29, 1.82) is 0 Å². The third-order valence-corrected chi connectivity index (χ3v) is 0.616. The Kier molecular flexibility index (Phi) is 13.0. The Hall–Kier alpha value is -0.570. The molecule has 9 heavy (non-hydrogen) atoms. The summed E-state index contributed by atoms with van der Waals surface area (Å²) in [5.41, 5.74) is 0. The third kappa shape index (κ3) is 11.2. The van der Waals surface area contributed by atoms with Crippen molar-refractivity contribution in [3.8, 4) is 0 Å². The van der Waals surface area contributed by atoms with Crippen LogP contribution in [0.4, 0.5) is 0 Å². The smallest absolute Gasteiger partial charge is 0.233 e. The Bertz CT molecular complexity index is 68.8. The zero-order valence-electron chi connectivity index (χ0n) is 6.62. The molecule has 1 amide bonds. The molecule has 0 spiro atoms. The van der Waals surface area contributed by atoms with Crippen LogP contribution in [0.15, 0.2) is 0 Å². The summed E-state index contributed by atoms with van der Waals surface area (Å²) in [5.74, 6) is 0.0162. The second-order valence-electron chi connectivity index (χ2n) is 1.20. The number of hydrogen-bond donors (Lipinski definition) is 2. The van der Waals surface area contributed by atoms with Gasteiger partial charge in [0.2, 0.25) is 5.91 Å². The molecule has 58 valence electrons. The lowest BCUT2D eigenvalue weighted by atomic mass is 10.6. The fourth-order valence-electron chi connectivity index (χ4n) is 0.249. The minimum absolute atomic E-state index is 0. The van der Waals surface area contributed by atoms with E-state index in [0.717, 1.165) is 0 Å². The predicted molar refractivity (Wildman–Crippen MR) is 41.5 cm³/mol. The monoisotopic (exact) mass is 134 g/mol. The number of carbonyl (C=O) groups is 1. The van der Waals surface area contributed by atoms with E-state index in [1.165, 1.54) is 0 Å². The molecular formula is C6H18N2O. The van der Waals surface area contributed by atoms with Crippen molar-refractivity contribution < 1.29 is 6.22 Å². The number of nitrogens with one attached hydrogen (secondary N) is 2. The molecule has 0 aromatic heterocycles. The van der Waals surface area contributed by atoms with E-state index >= 15 is 0 Å². The van der Waals surface area contributed by atoms with Gasteiger partial charge in [-0.2, -0.15) is 0 Å². The van der Waals surface area contributed by atoms with Gasteiger partial charge in [0.15, 0.2) is 0 Å². The van der Waals surface area contributed by atoms with E-state index in [1.807, 2.05) is 13.8 Å². The highest BCUT2D eigenvalue weighted by atomic mass is 16.1. The van der Waals surface area contributed by atoms with Gasteiger partial charge in [-0.1, -0.05) is 13.8 Å². The van der Waals surface area contributed by atoms with Gasteiger partial charge in [0.25, 0.3) is 0 Å². The lowest BCUT2D eigenvalue weighted by molar-refractivity contribution is -0.119. The first-order valence-corrected chi connectivity index (χ1v) is 3.16. The molecule has 0 atom stereocenters. The van der Waals surface area contributed by atoms with Gasteiger partial charge in [-0.05, 0) is 7.05 Å². The highest BCUT2D eigenvalue weighted by molar-refractivity contribution is 5.77. The van der Waals surface area contributed by atoms with Crippen LogP contribution < -0.4 is 10.6 Å². The van der Waals surface area contributed by atoms with Crippen LogP contribution in [0.2, 0.25) is 0 Å². The quantitative estimate of drug-likeness (QED) is 0.567. The summed E-state index contributed by atoms with van der Waals surface area (Å²) in [7, 11) is 3.34. The van der Waals surface area contributed by atoms with Gasteiger partial charge in [-0.15, -0.1) is 0 Å². The maximum absolute atomic E-state index is 10.2. The molecule has 0 fully saturated rings. The van der Waals surface area contributed by atoms with Gasteiger partial charge < -0.3 is 10.6 Å². The molecule has 3 nitrogen and oxygen atoms in total. The Morgan fingerprint density at radius 3 is 2.00 bits per heavy atom. The third-order valence-electron chi connectivity index (χ3n) is 0.616. The van der Waals surface area contributed by atoms with Crippen LogP contribution in [-0.4, -0.2) is 26.5 Å². The fraction of sp³-hybridized carbons (Fsp3) is 0.833. The maximum Gasteiger partial charge on any atom is 0.233 e. The Morgan fingerprint density at radius 1 is 1.44 bits per heavy atom. The normalized spacial score (nSPS) is 7.11. The average molecular weight is 134 g/mol. The summed E-state index contributed by atoms with van der Waals surface area (Å²) in [6.07, 6.45) is 0. The molecule has 0 aromatic rings. The lowest BCUT2D eigenvalue weighted by Crippen LogP contribution is -2.28. The summed E-state index contributed by atoms with van der Waals surface area (Å²) in [6.45, 7) is 4.40. The van der Waals surface area contributed by atoms with Gasteiger partial charge in [0.05, 0.1) is 6.54 Å². The molecule has 0 bridgehead atoms. The topological polar surface area (TPSA) is 41.1 Å². The molecule has 0 aliphatic carbocycles. The number of carbonyl (C=O) groups excluding carboxylic acids is 1. The molecule has 0 heterocycles. The van der Waals surface area contributed by atoms with Crippen LogP contribution >= 0.6 is 0 Å². The summed E-state index contributed by atoms with van der Waals surface area (Å²) in [5, 5.41) is 5.17. The van der Waals surface area contributed by atoms with Crippen molar-refractivity contribution in [3.05, 3.63) is 0 Å². The van der Waals surface area contributed by atoms with Crippen molar-refractivity contribution in [3.63, 3.8) is 0 Å². The van der Waals surface area contributed by atoms with Crippen LogP contribution in [0.5, 0.6) is 0 Å². The molecule has 0 rings (SSSR count). The molecule has 0 aliphatic heterocycles. The van der Waals surface area contributed by atoms with E-state index in [0.29, 0.717) is 6.54 Å². The molecule has 0 radical (unpaired) electrons. The van der Waals surface area contributed by atoms with Crippen LogP contribution in [0.3, 0.4) is 0 Å². The van der Waals surface area contributed by atoms with Gasteiger partial charge >= 0.3 is 0 Å². The first-order chi connectivity index (χ1) is 4.31. The largest absolute Gasteiger partial charge is 0.358 e. The predicted octanol–water partition coefficient (Wildman–Crippen LogP) is 0.224. The van der Waals surface area contributed by atoms with Gasteiger partial charge in [-0.25, -0.2) is 0 Å². The van der Waals surface area contributed by atoms with Gasteiger partial charge in [-0.3, -0.25) is 4.79 Å². The molecular weight excluding hydrogens is 116 g/mol. The molecule has 0 unspecified atom stereocenters. The molecule has 3 heteroatoms. The van der Waals surface area contributed by atoms with Crippen molar-refractivity contribution in [2.24, 2.45) is 0 Å². The number of likely N-dealkylation sites (N-methyl/N-ethyl adjacent to an activating group) is 2. The van der Waals surface area contributed by atoms with Crippen LogP contribution in [0, 0.1) is 0 Å². The molecule has 0 aliphatic rings.